The summed E-state index contributed by atoms with van der Waals surface area (Å²) in [6, 6.07) is 8.18. The minimum Gasteiger partial charge on any atom is -0.489 e. The predicted molar refractivity (Wildman–Crippen MR) is 76.3 cm³/mol. The first-order chi connectivity index (χ1) is 8.65. The Kier molecular flexibility index (Phi) is 4.12. The molecule has 0 unspecified atom stereocenters. The number of para-hydroxylation sites is 2. The molecule has 2 rings (SSSR count). The molecular formula is C15H24N2O. The van der Waals surface area contributed by atoms with E-state index in [-0.39, 0.29) is 6.10 Å². The summed E-state index contributed by atoms with van der Waals surface area (Å²) in [4.78, 5) is 0. The summed E-state index contributed by atoms with van der Waals surface area (Å²) in [5.41, 5.74) is 1.56. The van der Waals surface area contributed by atoms with Crippen molar-refractivity contribution in [2.75, 3.05) is 25.5 Å². The van der Waals surface area contributed by atoms with Crippen LogP contribution < -0.4 is 15.4 Å². The summed E-state index contributed by atoms with van der Waals surface area (Å²) < 4.78 is 5.81. The first kappa shape index (κ1) is 13.2. The van der Waals surface area contributed by atoms with Crippen LogP contribution in [-0.2, 0) is 0 Å². The minimum atomic E-state index is 0.208. The van der Waals surface area contributed by atoms with E-state index in [1.165, 1.54) is 12.8 Å². The van der Waals surface area contributed by atoms with E-state index in [4.69, 9.17) is 4.74 Å². The number of hydrogen-bond acceptors (Lipinski definition) is 3. The predicted octanol–water partition coefficient (Wildman–Crippen LogP) is 2.89. The average Bonchev–Trinajstić information content (AvgIpc) is 3.08. The third-order valence-electron chi connectivity index (χ3n) is 3.41. The van der Waals surface area contributed by atoms with Crippen LogP contribution in [-0.4, -0.2) is 26.2 Å². The van der Waals surface area contributed by atoms with Crippen molar-refractivity contribution in [1.29, 1.82) is 0 Å². The standard InChI is InChI=1S/C15H24N2O/c1-12(2)18-14-7-5-4-6-13(14)17-11-15(8-9-15)10-16-3/h4-7,12,16-17H,8-11H2,1-3H3. The average molecular weight is 248 g/mol. The Morgan fingerprint density at radius 3 is 2.56 bits per heavy atom. The van der Waals surface area contributed by atoms with E-state index in [1.54, 1.807) is 0 Å². The van der Waals surface area contributed by atoms with Crippen molar-refractivity contribution in [1.82, 2.24) is 5.32 Å². The summed E-state index contributed by atoms with van der Waals surface area (Å²) in [6.07, 6.45) is 2.84. The van der Waals surface area contributed by atoms with Gasteiger partial charge in [0.15, 0.2) is 0 Å². The summed E-state index contributed by atoms with van der Waals surface area (Å²) in [7, 11) is 2.02. The van der Waals surface area contributed by atoms with Gasteiger partial charge in [-0.15, -0.1) is 0 Å². The third kappa shape index (κ3) is 3.39. The van der Waals surface area contributed by atoms with E-state index in [2.05, 4.69) is 30.5 Å². The lowest BCUT2D eigenvalue weighted by Crippen LogP contribution is -2.27. The lowest BCUT2D eigenvalue weighted by Gasteiger charge is -2.19. The van der Waals surface area contributed by atoms with E-state index in [9.17, 15) is 0 Å². The van der Waals surface area contributed by atoms with Crippen LogP contribution in [0.1, 0.15) is 26.7 Å². The van der Waals surface area contributed by atoms with Gasteiger partial charge in [0.1, 0.15) is 5.75 Å². The molecule has 0 aromatic heterocycles. The highest BCUT2D eigenvalue weighted by Crippen LogP contribution is 2.45. The molecule has 1 fully saturated rings. The zero-order valence-corrected chi connectivity index (χ0v) is 11.6. The molecule has 1 saturated carbocycles. The fraction of sp³-hybridized carbons (Fsp3) is 0.600. The molecule has 1 aliphatic rings. The molecule has 0 spiro atoms. The zero-order chi connectivity index (χ0) is 13.0. The van der Waals surface area contributed by atoms with Gasteiger partial charge in [-0.2, -0.15) is 0 Å². The molecule has 0 heterocycles. The first-order valence-electron chi connectivity index (χ1n) is 6.79. The summed E-state index contributed by atoms with van der Waals surface area (Å²) in [5.74, 6) is 0.952. The van der Waals surface area contributed by atoms with Crippen LogP contribution in [0.4, 0.5) is 5.69 Å². The fourth-order valence-electron chi connectivity index (χ4n) is 2.22. The Balaban J connectivity index is 1.96. The van der Waals surface area contributed by atoms with Gasteiger partial charge in [-0.25, -0.2) is 0 Å². The summed E-state index contributed by atoms with van der Waals surface area (Å²) in [6.45, 7) is 6.22. The van der Waals surface area contributed by atoms with Gasteiger partial charge in [0.05, 0.1) is 11.8 Å². The van der Waals surface area contributed by atoms with Crippen molar-refractivity contribution in [2.45, 2.75) is 32.8 Å². The second kappa shape index (κ2) is 5.61. The maximum Gasteiger partial charge on any atom is 0.142 e. The summed E-state index contributed by atoms with van der Waals surface area (Å²) >= 11 is 0. The zero-order valence-electron chi connectivity index (χ0n) is 11.6. The van der Waals surface area contributed by atoms with Crippen LogP contribution in [0.25, 0.3) is 0 Å². The van der Waals surface area contributed by atoms with Gasteiger partial charge in [0.25, 0.3) is 0 Å². The maximum atomic E-state index is 5.81. The second-order valence-corrected chi connectivity index (χ2v) is 5.55. The smallest absolute Gasteiger partial charge is 0.142 e. The maximum absolute atomic E-state index is 5.81. The van der Waals surface area contributed by atoms with E-state index >= 15 is 0 Å². The quantitative estimate of drug-likeness (QED) is 0.778. The number of hydrogen-bond donors (Lipinski definition) is 2. The van der Waals surface area contributed by atoms with Gasteiger partial charge in [-0.05, 0) is 45.9 Å². The highest BCUT2D eigenvalue weighted by Gasteiger charge is 2.41. The molecule has 0 atom stereocenters. The van der Waals surface area contributed by atoms with Crippen molar-refractivity contribution >= 4 is 5.69 Å². The van der Waals surface area contributed by atoms with Gasteiger partial charge in [-0.3, -0.25) is 0 Å². The van der Waals surface area contributed by atoms with Gasteiger partial charge >= 0.3 is 0 Å². The topological polar surface area (TPSA) is 33.3 Å². The molecule has 1 aliphatic carbocycles. The molecule has 1 aromatic rings. The van der Waals surface area contributed by atoms with Gasteiger partial charge in [0, 0.05) is 18.5 Å². The first-order valence-corrected chi connectivity index (χ1v) is 6.79. The van der Waals surface area contributed by atoms with E-state index < -0.39 is 0 Å². The third-order valence-corrected chi connectivity index (χ3v) is 3.41. The van der Waals surface area contributed by atoms with Crippen molar-refractivity contribution in [2.24, 2.45) is 5.41 Å². The van der Waals surface area contributed by atoms with Crippen LogP contribution >= 0.6 is 0 Å². The van der Waals surface area contributed by atoms with Crippen molar-refractivity contribution in [3.63, 3.8) is 0 Å². The van der Waals surface area contributed by atoms with Crippen molar-refractivity contribution in [3.05, 3.63) is 24.3 Å². The summed E-state index contributed by atoms with van der Waals surface area (Å²) in [5, 5.41) is 6.82. The second-order valence-electron chi connectivity index (χ2n) is 5.55. The molecule has 1 aromatic carbocycles. The molecule has 2 N–H and O–H groups in total. The Bertz CT molecular complexity index is 386. The van der Waals surface area contributed by atoms with Crippen LogP contribution in [0.5, 0.6) is 5.75 Å². The Labute approximate surface area is 110 Å². The molecule has 0 amide bonds. The Morgan fingerprint density at radius 1 is 1.22 bits per heavy atom. The van der Waals surface area contributed by atoms with E-state index in [1.807, 2.05) is 25.2 Å². The molecule has 18 heavy (non-hydrogen) atoms. The van der Waals surface area contributed by atoms with Crippen LogP contribution in [0.15, 0.2) is 24.3 Å². The lowest BCUT2D eigenvalue weighted by molar-refractivity contribution is 0.243. The Hall–Kier alpha value is -1.22. The molecule has 0 aliphatic heterocycles. The monoisotopic (exact) mass is 248 g/mol. The highest BCUT2D eigenvalue weighted by atomic mass is 16.5. The molecule has 0 saturated heterocycles. The fourth-order valence-corrected chi connectivity index (χ4v) is 2.22. The van der Waals surface area contributed by atoms with Gasteiger partial charge in [-0.1, -0.05) is 12.1 Å². The van der Waals surface area contributed by atoms with Gasteiger partial charge < -0.3 is 15.4 Å². The molecule has 0 radical (unpaired) electrons. The lowest BCUT2D eigenvalue weighted by atomic mass is 10.1. The van der Waals surface area contributed by atoms with Crippen LogP contribution in [0, 0.1) is 5.41 Å². The van der Waals surface area contributed by atoms with E-state index in [0.717, 1.165) is 24.5 Å². The molecule has 0 bridgehead atoms. The Morgan fingerprint density at radius 2 is 1.94 bits per heavy atom. The number of nitrogens with one attached hydrogen (secondary N) is 2. The van der Waals surface area contributed by atoms with Crippen LogP contribution in [0.2, 0.25) is 0 Å². The molecule has 3 nitrogen and oxygen atoms in total. The number of ether oxygens (including phenoxy) is 1. The number of benzene rings is 1. The minimum absolute atomic E-state index is 0.208. The van der Waals surface area contributed by atoms with Crippen molar-refractivity contribution < 1.29 is 4.74 Å². The molecular weight excluding hydrogens is 224 g/mol. The van der Waals surface area contributed by atoms with Gasteiger partial charge in [0.2, 0.25) is 0 Å². The normalized spacial score (nSPS) is 16.7. The van der Waals surface area contributed by atoms with E-state index in [0.29, 0.717) is 5.41 Å². The largest absolute Gasteiger partial charge is 0.489 e. The van der Waals surface area contributed by atoms with Crippen LogP contribution in [0.3, 0.4) is 0 Å². The number of anilines is 1. The molecule has 3 heteroatoms. The highest BCUT2D eigenvalue weighted by molar-refractivity contribution is 5.56. The van der Waals surface area contributed by atoms with Crippen molar-refractivity contribution in [3.8, 4) is 5.75 Å². The SMILES string of the molecule is CNCC1(CNc2ccccc2OC(C)C)CC1. The molecule has 100 valence electrons. The number of rotatable bonds is 7.